The van der Waals surface area contributed by atoms with Crippen LogP contribution in [0.5, 0.6) is 0 Å². The highest BCUT2D eigenvalue weighted by atomic mass is 16.4. The van der Waals surface area contributed by atoms with E-state index in [1.54, 1.807) is 6.92 Å². The molecular weight excluding hydrogens is 416 g/mol. The fourth-order valence-electron chi connectivity index (χ4n) is 1.44. The van der Waals surface area contributed by atoms with Crippen molar-refractivity contribution in [2.75, 3.05) is 6.61 Å². The first-order valence-electron chi connectivity index (χ1n) is 8.56. The zero-order chi connectivity index (χ0) is 24.6. The van der Waals surface area contributed by atoms with Gasteiger partial charge in [0.05, 0.1) is 6.10 Å². The summed E-state index contributed by atoms with van der Waals surface area (Å²) >= 11 is 0. The number of aliphatic hydroxyl groups excluding tert-OH is 6. The molecule has 14 heteroatoms. The summed E-state index contributed by atoms with van der Waals surface area (Å²) < 4.78 is 0. The summed E-state index contributed by atoms with van der Waals surface area (Å²) in [5, 5.41) is 82.7. The minimum atomic E-state index is -2.27. The van der Waals surface area contributed by atoms with Gasteiger partial charge < -0.3 is 51.1 Å². The van der Waals surface area contributed by atoms with Gasteiger partial charge >= 0.3 is 23.9 Å². The molecule has 0 aromatic rings. The predicted octanol–water partition coefficient (Wildman–Crippen LogP) is -3.08. The number of carboxylic acids is 4. The van der Waals surface area contributed by atoms with Crippen molar-refractivity contribution in [1.29, 1.82) is 0 Å². The fourth-order valence-corrected chi connectivity index (χ4v) is 1.44. The Hall–Kier alpha value is -2.36. The van der Waals surface area contributed by atoms with Crippen molar-refractivity contribution in [3.05, 3.63) is 0 Å². The molecule has 6 atom stereocenters. The molecule has 0 bridgehead atoms. The Bertz CT molecular complexity index is 444. The van der Waals surface area contributed by atoms with E-state index < -0.39 is 48.3 Å². The van der Waals surface area contributed by atoms with Crippen LogP contribution >= 0.6 is 0 Å². The number of rotatable bonds is 11. The maximum Gasteiger partial charge on any atom is 0.335 e. The number of aliphatic carboxylic acids is 4. The molecule has 0 spiro atoms. The average Bonchev–Trinajstić information content (AvgIpc) is 2.66. The molecule has 0 aliphatic carbocycles. The van der Waals surface area contributed by atoms with Crippen LogP contribution in [-0.4, -0.2) is 112 Å². The Balaban J connectivity index is -0.000000364. The van der Waals surface area contributed by atoms with Gasteiger partial charge in [0.25, 0.3) is 0 Å². The van der Waals surface area contributed by atoms with Crippen LogP contribution in [0, 0.1) is 5.92 Å². The number of carbonyl (C=O) groups is 4. The fraction of sp³-hybridized carbons (Fsp3) is 0.750. The van der Waals surface area contributed by atoms with E-state index in [9.17, 15) is 19.2 Å². The largest absolute Gasteiger partial charge is 0.479 e. The van der Waals surface area contributed by atoms with Gasteiger partial charge in [0.1, 0.15) is 0 Å². The molecule has 10 N–H and O–H groups in total. The summed E-state index contributed by atoms with van der Waals surface area (Å²) in [7, 11) is 0. The summed E-state index contributed by atoms with van der Waals surface area (Å²) in [6.07, 6.45) is -6.54. The lowest BCUT2D eigenvalue weighted by molar-refractivity contribution is -0.165. The third-order valence-corrected chi connectivity index (χ3v) is 3.44. The molecule has 6 unspecified atom stereocenters. The van der Waals surface area contributed by atoms with E-state index in [0.29, 0.717) is 5.92 Å². The maximum absolute atomic E-state index is 9.77. The van der Waals surface area contributed by atoms with Gasteiger partial charge in [-0.3, -0.25) is 0 Å². The van der Waals surface area contributed by atoms with E-state index in [4.69, 9.17) is 51.1 Å². The van der Waals surface area contributed by atoms with E-state index in [1.807, 2.05) is 0 Å². The Morgan fingerprint density at radius 1 is 0.633 bits per heavy atom. The summed E-state index contributed by atoms with van der Waals surface area (Å²) in [6, 6.07) is 0. The molecule has 0 aliphatic rings. The van der Waals surface area contributed by atoms with Crippen molar-refractivity contribution >= 4 is 23.9 Å². The third-order valence-electron chi connectivity index (χ3n) is 3.44. The highest BCUT2D eigenvalue weighted by molar-refractivity contribution is 5.83. The van der Waals surface area contributed by atoms with Gasteiger partial charge in [-0.2, -0.15) is 0 Å². The van der Waals surface area contributed by atoms with Crippen LogP contribution in [0.4, 0.5) is 0 Å². The highest BCUT2D eigenvalue weighted by Gasteiger charge is 2.30. The van der Waals surface area contributed by atoms with E-state index in [-0.39, 0.29) is 12.7 Å². The molecule has 0 radical (unpaired) electrons. The van der Waals surface area contributed by atoms with Gasteiger partial charge in [0.15, 0.2) is 24.4 Å². The molecule has 14 nitrogen and oxygen atoms in total. The minimum Gasteiger partial charge on any atom is -0.479 e. The van der Waals surface area contributed by atoms with E-state index in [2.05, 4.69) is 6.92 Å². The summed E-state index contributed by atoms with van der Waals surface area (Å²) in [6.45, 7) is 4.09. The standard InChI is InChI=1S/C8H18O2.2C4H6O6/c1-3-8(6-9)5-4-7(2)10;2*5-1(3(7)8)2(6)4(9)10/h7-10H,3-6H2,1-2H3;2*1-2,5-6H,(H,7,8)(H,9,10). The van der Waals surface area contributed by atoms with E-state index in [1.165, 1.54) is 0 Å². The molecule has 0 rings (SSSR count). The van der Waals surface area contributed by atoms with E-state index >= 15 is 0 Å². The normalized spacial score (nSPS) is 16.1. The van der Waals surface area contributed by atoms with Crippen LogP contribution in [0.15, 0.2) is 0 Å². The third kappa shape index (κ3) is 16.6. The van der Waals surface area contributed by atoms with Gasteiger partial charge in [-0.1, -0.05) is 13.3 Å². The molecule has 0 saturated heterocycles. The SMILES string of the molecule is CCC(CO)CCC(C)O.O=C(O)C(O)C(O)C(=O)O.O=C(O)C(O)C(O)C(=O)O. The van der Waals surface area contributed by atoms with E-state index in [0.717, 1.165) is 19.3 Å². The van der Waals surface area contributed by atoms with Crippen LogP contribution in [0.3, 0.4) is 0 Å². The highest BCUT2D eigenvalue weighted by Crippen LogP contribution is 2.11. The molecule has 0 amide bonds. The molecule has 178 valence electrons. The number of hydrogen-bond acceptors (Lipinski definition) is 10. The van der Waals surface area contributed by atoms with Crippen LogP contribution in [-0.2, 0) is 19.2 Å². The minimum absolute atomic E-state index is 0.222. The lowest BCUT2D eigenvalue weighted by Gasteiger charge is -2.11. The first-order valence-corrected chi connectivity index (χ1v) is 8.56. The number of hydrogen-bond donors (Lipinski definition) is 10. The van der Waals surface area contributed by atoms with Gasteiger partial charge in [0.2, 0.25) is 0 Å². The summed E-state index contributed by atoms with van der Waals surface area (Å²) in [5.41, 5.74) is 0. The summed E-state index contributed by atoms with van der Waals surface area (Å²) in [5.74, 6) is -6.69. The Labute approximate surface area is 171 Å². The van der Waals surface area contributed by atoms with Crippen molar-refractivity contribution in [1.82, 2.24) is 0 Å². The molecule has 0 fully saturated rings. The first-order chi connectivity index (χ1) is 13.6. The van der Waals surface area contributed by atoms with Gasteiger partial charge in [0, 0.05) is 6.61 Å². The molecular formula is C16H30O14. The number of carboxylic acid groups (broad SMARTS) is 4. The van der Waals surface area contributed by atoms with Crippen LogP contribution in [0.25, 0.3) is 0 Å². The number of aliphatic hydroxyl groups is 6. The molecule has 30 heavy (non-hydrogen) atoms. The Kier molecular flexibility index (Phi) is 18.8. The van der Waals surface area contributed by atoms with Crippen LogP contribution in [0.2, 0.25) is 0 Å². The molecule has 0 aromatic carbocycles. The van der Waals surface area contributed by atoms with Crippen LogP contribution in [0.1, 0.15) is 33.1 Å². The lowest BCUT2D eigenvalue weighted by Crippen LogP contribution is -2.39. The zero-order valence-corrected chi connectivity index (χ0v) is 16.4. The second-order valence-corrected chi connectivity index (χ2v) is 6.02. The monoisotopic (exact) mass is 446 g/mol. The van der Waals surface area contributed by atoms with Crippen molar-refractivity contribution < 1.29 is 70.2 Å². The first kappa shape index (κ1) is 32.3. The lowest BCUT2D eigenvalue weighted by atomic mass is 10.00. The topological polar surface area (TPSA) is 271 Å². The van der Waals surface area contributed by atoms with Gasteiger partial charge in [-0.15, -0.1) is 0 Å². The predicted molar refractivity (Wildman–Crippen MR) is 96.4 cm³/mol. The zero-order valence-electron chi connectivity index (χ0n) is 16.4. The second-order valence-electron chi connectivity index (χ2n) is 6.02. The molecule has 0 heterocycles. The average molecular weight is 446 g/mol. The molecule has 0 aromatic heterocycles. The Morgan fingerprint density at radius 3 is 1.03 bits per heavy atom. The smallest absolute Gasteiger partial charge is 0.335 e. The van der Waals surface area contributed by atoms with Crippen molar-refractivity contribution in [2.45, 2.75) is 63.6 Å². The van der Waals surface area contributed by atoms with Gasteiger partial charge in [-0.25, -0.2) is 19.2 Å². The molecule has 0 saturated carbocycles. The quantitative estimate of drug-likeness (QED) is 0.151. The Morgan fingerprint density at radius 2 is 0.900 bits per heavy atom. The van der Waals surface area contributed by atoms with Gasteiger partial charge in [-0.05, 0) is 25.7 Å². The second kappa shape index (κ2) is 17.5. The van der Waals surface area contributed by atoms with Crippen molar-refractivity contribution in [3.63, 3.8) is 0 Å². The van der Waals surface area contributed by atoms with Crippen molar-refractivity contribution in [3.8, 4) is 0 Å². The molecule has 0 aliphatic heterocycles. The van der Waals surface area contributed by atoms with Crippen LogP contribution < -0.4 is 0 Å². The summed E-state index contributed by atoms with van der Waals surface area (Å²) in [4.78, 5) is 39.1. The van der Waals surface area contributed by atoms with Crippen molar-refractivity contribution in [2.24, 2.45) is 5.92 Å². The maximum atomic E-state index is 9.77.